The summed E-state index contributed by atoms with van der Waals surface area (Å²) in [6, 6.07) is 3.03. The monoisotopic (exact) mass is 324 g/mol. The molecule has 0 fully saturated rings. The minimum Gasteiger partial charge on any atom is -0.219 e. The Hall–Kier alpha value is -1.32. The standard InChI is InChI=1S/C10H7F7O2S/c11-7-3-1-6(2-4-7)5-8(9(12,13)14)20(18,19)10(15,16)17/h1-4,8H,5H2. The second-order valence-electron chi connectivity index (χ2n) is 3.85. The molecule has 114 valence electrons. The molecule has 0 saturated heterocycles. The average Bonchev–Trinajstić information content (AvgIpc) is 2.24. The maximum Gasteiger partial charge on any atom is 0.498 e. The Kier molecular flexibility index (Phi) is 4.37. The Bertz CT molecular complexity index is 557. The van der Waals surface area contributed by atoms with Gasteiger partial charge in [-0.3, -0.25) is 0 Å². The minimum atomic E-state index is -6.42. The number of alkyl halides is 6. The highest BCUT2D eigenvalue weighted by atomic mass is 32.2. The van der Waals surface area contributed by atoms with Gasteiger partial charge in [-0.15, -0.1) is 0 Å². The van der Waals surface area contributed by atoms with Crippen molar-refractivity contribution in [2.45, 2.75) is 23.4 Å². The first-order valence-corrected chi connectivity index (χ1v) is 6.51. The molecule has 2 nitrogen and oxygen atoms in total. The van der Waals surface area contributed by atoms with Gasteiger partial charge in [-0.25, -0.2) is 12.8 Å². The van der Waals surface area contributed by atoms with Gasteiger partial charge in [0.25, 0.3) is 9.84 Å². The topological polar surface area (TPSA) is 34.1 Å². The van der Waals surface area contributed by atoms with Crippen LogP contribution in [-0.4, -0.2) is 25.4 Å². The van der Waals surface area contributed by atoms with Crippen molar-refractivity contribution in [2.75, 3.05) is 0 Å². The molecule has 0 aliphatic rings. The average molecular weight is 324 g/mol. The summed E-state index contributed by atoms with van der Waals surface area (Å²) in [6.07, 6.45) is -7.03. The maximum atomic E-state index is 12.6. The first-order valence-electron chi connectivity index (χ1n) is 4.97. The van der Waals surface area contributed by atoms with Gasteiger partial charge >= 0.3 is 11.7 Å². The van der Waals surface area contributed by atoms with E-state index in [1.165, 1.54) is 0 Å². The Morgan fingerprint density at radius 3 is 1.75 bits per heavy atom. The van der Waals surface area contributed by atoms with E-state index in [4.69, 9.17) is 0 Å². The Labute approximate surface area is 109 Å². The number of benzene rings is 1. The molecule has 1 aromatic rings. The Morgan fingerprint density at radius 2 is 1.40 bits per heavy atom. The zero-order valence-corrected chi connectivity index (χ0v) is 10.3. The van der Waals surface area contributed by atoms with E-state index in [-0.39, 0.29) is 5.56 Å². The molecular formula is C10H7F7O2S. The van der Waals surface area contributed by atoms with Crippen LogP contribution in [0.2, 0.25) is 0 Å². The summed E-state index contributed by atoms with van der Waals surface area (Å²) in [4.78, 5) is 0. The third kappa shape index (κ3) is 3.62. The van der Waals surface area contributed by atoms with E-state index < -0.39 is 39.0 Å². The van der Waals surface area contributed by atoms with Gasteiger partial charge in [-0.1, -0.05) is 12.1 Å². The lowest BCUT2D eigenvalue weighted by molar-refractivity contribution is -0.134. The molecule has 1 unspecified atom stereocenters. The summed E-state index contributed by atoms with van der Waals surface area (Å²) in [5.41, 5.74) is -6.39. The van der Waals surface area contributed by atoms with Crippen molar-refractivity contribution in [3.63, 3.8) is 0 Å². The van der Waals surface area contributed by atoms with Crippen LogP contribution < -0.4 is 0 Å². The van der Waals surface area contributed by atoms with Crippen LogP contribution in [0.25, 0.3) is 0 Å². The largest absolute Gasteiger partial charge is 0.498 e. The van der Waals surface area contributed by atoms with Crippen LogP contribution >= 0.6 is 0 Å². The lowest BCUT2D eigenvalue weighted by Crippen LogP contribution is -2.45. The SMILES string of the molecule is O=S(=O)(C(Cc1ccc(F)cc1)C(F)(F)F)C(F)(F)F. The maximum absolute atomic E-state index is 12.6. The second-order valence-corrected chi connectivity index (χ2v) is 5.97. The Balaban J connectivity index is 3.20. The summed E-state index contributed by atoms with van der Waals surface area (Å²) in [5, 5.41) is -3.62. The van der Waals surface area contributed by atoms with Gasteiger partial charge in [0.1, 0.15) is 5.82 Å². The predicted octanol–water partition coefficient (Wildman–Crippen LogP) is 3.23. The molecule has 1 rings (SSSR count). The molecule has 0 amide bonds. The minimum absolute atomic E-state index is 0.374. The van der Waals surface area contributed by atoms with Crippen molar-refractivity contribution >= 4 is 9.84 Å². The molecule has 0 bridgehead atoms. The fourth-order valence-corrected chi connectivity index (χ4v) is 2.48. The third-order valence-corrected chi connectivity index (χ3v) is 4.22. The summed E-state index contributed by atoms with van der Waals surface area (Å²) < 4.78 is 109. The van der Waals surface area contributed by atoms with Gasteiger partial charge in [0, 0.05) is 0 Å². The van der Waals surface area contributed by atoms with Crippen molar-refractivity contribution < 1.29 is 39.2 Å². The van der Waals surface area contributed by atoms with E-state index >= 15 is 0 Å². The van der Waals surface area contributed by atoms with E-state index in [0.29, 0.717) is 0 Å². The van der Waals surface area contributed by atoms with E-state index in [1.807, 2.05) is 0 Å². The zero-order chi connectivity index (χ0) is 15.8. The van der Waals surface area contributed by atoms with Crippen molar-refractivity contribution in [3.8, 4) is 0 Å². The number of halogens is 7. The Morgan fingerprint density at radius 1 is 0.950 bits per heavy atom. The molecule has 0 spiro atoms. The van der Waals surface area contributed by atoms with Crippen molar-refractivity contribution in [1.29, 1.82) is 0 Å². The van der Waals surface area contributed by atoms with Crippen molar-refractivity contribution in [3.05, 3.63) is 35.6 Å². The first-order chi connectivity index (χ1) is 8.85. The van der Waals surface area contributed by atoms with Gasteiger partial charge in [-0.2, -0.15) is 26.3 Å². The van der Waals surface area contributed by atoms with Gasteiger partial charge in [0.05, 0.1) is 0 Å². The van der Waals surface area contributed by atoms with Crippen LogP contribution in [0.5, 0.6) is 0 Å². The number of hydrogen-bond acceptors (Lipinski definition) is 2. The van der Waals surface area contributed by atoms with Crippen LogP contribution in [0.4, 0.5) is 30.7 Å². The van der Waals surface area contributed by atoms with E-state index in [0.717, 1.165) is 24.3 Å². The van der Waals surface area contributed by atoms with Crippen molar-refractivity contribution in [2.24, 2.45) is 0 Å². The summed E-state index contributed by atoms with van der Waals surface area (Å²) >= 11 is 0. The van der Waals surface area contributed by atoms with Gasteiger partial charge in [-0.05, 0) is 24.1 Å². The smallest absolute Gasteiger partial charge is 0.219 e. The molecule has 0 radical (unpaired) electrons. The predicted molar refractivity (Wildman–Crippen MR) is 54.9 cm³/mol. The molecule has 0 N–H and O–H groups in total. The molecule has 0 aromatic heterocycles. The molecule has 20 heavy (non-hydrogen) atoms. The quantitative estimate of drug-likeness (QED) is 0.800. The zero-order valence-electron chi connectivity index (χ0n) is 9.46. The van der Waals surface area contributed by atoms with Gasteiger partial charge in [0.15, 0.2) is 5.25 Å². The van der Waals surface area contributed by atoms with Crippen LogP contribution in [0.15, 0.2) is 24.3 Å². The summed E-state index contributed by atoms with van der Waals surface area (Å²) in [5.74, 6) is -0.809. The highest BCUT2D eigenvalue weighted by molar-refractivity contribution is 7.92. The normalized spacial score (nSPS) is 15.2. The highest BCUT2D eigenvalue weighted by Crippen LogP contribution is 2.37. The first kappa shape index (κ1) is 16.7. The van der Waals surface area contributed by atoms with Crippen LogP contribution in [0.1, 0.15) is 5.56 Å². The van der Waals surface area contributed by atoms with Crippen molar-refractivity contribution in [1.82, 2.24) is 0 Å². The molecule has 10 heteroatoms. The molecule has 0 heterocycles. The summed E-state index contributed by atoms with van der Waals surface area (Å²) in [6.45, 7) is 0. The fourth-order valence-electron chi connectivity index (χ4n) is 1.40. The molecule has 0 saturated carbocycles. The number of sulfone groups is 1. The van der Waals surface area contributed by atoms with Gasteiger partial charge in [0.2, 0.25) is 0 Å². The molecule has 0 aliphatic heterocycles. The number of hydrogen-bond donors (Lipinski definition) is 0. The third-order valence-electron chi connectivity index (χ3n) is 2.40. The molecule has 0 aliphatic carbocycles. The lowest BCUT2D eigenvalue weighted by atomic mass is 10.1. The van der Waals surface area contributed by atoms with Crippen LogP contribution in [-0.2, 0) is 16.3 Å². The van der Waals surface area contributed by atoms with E-state index in [1.54, 1.807) is 0 Å². The molecule has 1 aromatic carbocycles. The van der Waals surface area contributed by atoms with E-state index in [9.17, 15) is 39.2 Å². The lowest BCUT2D eigenvalue weighted by Gasteiger charge is -2.21. The fraction of sp³-hybridized carbons (Fsp3) is 0.400. The van der Waals surface area contributed by atoms with Crippen LogP contribution in [0, 0.1) is 5.82 Å². The second kappa shape index (κ2) is 5.23. The number of rotatable bonds is 3. The molecule has 1 atom stereocenters. The molecular weight excluding hydrogens is 317 g/mol. The van der Waals surface area contributed by atoms with Crippen LogP contribution in [0.3, 0.4) is 0 Å². The van der Waals surface area contributed by atoms with Gasteiger partial charge < -0.3 is 0 Å². The van der Waals surface area contributed by atoms with E-state index in [2.05, 4.69) is 0 Å². The summed E-state index contributed by atoms with van der Waals surface area (Å²) in [7, 11) is -6.42. The highest BCUT2D eigenvalue weighted by Gasteiger charge is 2.60.